The number of hydrogen-bond acceptors (Lipinski definition) is 5. The summed E-state index contributed by atoms with van der Waals surface area (Å²) in [6.07, 6.45) is -2.26. The molecular formula is C19H14F3N3O2S. The number of aromatic amines is 1. The first-order valence-electron chi connectivity index (χ1n) is 8.31. The molecule has 0 bridgehead atoms. The normalized spacial score (nSPS) is 11.8. The second-order valence-corrected chi connectivity index (χ2v) is 6.91. The minimum absolute atomic E-state index is 0.250. The van der Waals surface area contributed by atoms with Crippen molar-refractivity contribution in [1.82, 2.24) is 15.2 Å². The monoisotopic (exact) mass is 405 g/mol. The minimum atomic E-state index is -4.69. The first kappa shape index (κ1) is 18.4. The molecule has 1 N–H and O–H groups in total. The highest BCUT2D eigenvalue weighted by molar-refractivity contribution is 7.98. The number of alkyl halides is 3. The molecule has 4 rings (SSSR count). The Hall–Kier alpha value is -2.94. The summed E-state index contributed by atoms with van der Waals surface area (Å²) < 4.78 is 46.1. The van der Waals surface area contributed by atoms with Crippen LogP contribution in [-0.2, 0) is 12.2 Å². The molecule has 0 fully saturated rings. The summed E-state index contributed by atoms with van der Waals surface area (Å²) in [6, 6.07) is 13.7. The maximum absolute atomic E-state index is 12.2. The van der Waals surface area contributed by atoms with Crippen LogP contribution in [0.1, 0.15) is 17.0 Å². The van der Waals surface area contributed by atoms with Crippen LogP contribution in [0.2, 0.25) is 0 Å². The second kappa shape index (κ2) is 7.59. The van der Waals surface area contributed by atoms with Crippen LogP contribution in [0.3, 0.4) is 0 Å². The Morgan fingerprint density at radius 1 is 1.04 bits per heavy atom. The first-order valence-corrected chi connectivity index (χ1v) is 9.30. The maximum Gasteiger partial charge on any atom is 0.573 e. The molecule has 2 heterocycles. The Morgan fingerprint density at radius 3 is 2.61 bits per heavy atom. The van der Waals surface area contributed by atoms with Crippen LogP contribution in [0.5, 0.6) is 5.75 Å². The Kier molecular flexibility index (Phi) is 4.99. The van der Waals surface area contributed by atoms with Crippen LogP contribution in [0.4, 0.5) is 13.2 Å². The SMILES string of the molecule is FC(F)(F)Oc1ccc(CSc2nnc(Cc3c[nH]c4ccccc34)o2)cc1. The summed E-state index contributed by atoms with van der Waals surface area (Å²) in [5.74, 6) is 0.738. The fourth-order valence-corrected chi connectivity index (χ4v) is 3.48. The van der Waals surface area contributed by atoms with Gasteiger partial charge >= 0.3 is 6.36 Å². The van der Waals surface area contributed by atoms with Gasteiger partial charge < -0.3 is 14.1 Å². The van der Waals surface area contributed by atoms with E-state index in [0.29, 0.717) is 23.3 Å². The molecular weight excluding hydrogens is 391 g/mol. The van der Waals surface area contributed by atoms with Gasteiger partial charge in [0, 0.05) is 22.9 Å². The predicted molar refractivity (Wildman–Crippen MR) is 98.1 cm³/mol. The molecule has 0 spiro atoms. The molecule has 0 saturated heterocycles. The molecule has 0 saturated carbocycles. The Morgan fingerprint density at radius 2 is 1.82 bits per heavy atom. The highest BCUT2D eigenvalue weighted by Gasteiger charge is 2.30. The summed E-state index contributed by atoms with van der Waals surface area (Å²) in [6.45, 7) is 0. The predicted octanol–water partition coefficient (Wildman–Crippen LogP) is 5.33. The van der Waals surface area contributed by atoms with Crippen LogP contribution in [-0.4, -0.2) is 21.5 Å². The topological polar surface area (TPSA) is 63.9 Å². The van der Waals surface area contributed by atoms with Gasteiger partial charge in [-0.2, -0.15) is 0 Å². The zero-order valence-electron chi connectivity index (χ0n) is 14.4. The summed E-state index contributed by atoms with van der Waals surface area (Å²) in [7, 11) is 0. The number of H-pyrrole nitrogens is 1. The van der Waals surface area contributed by atoms with Crippen molar-refractivity contribution in [3.8, 4) is 5.75 Å². The van der Waals surface area contributed by atoms with Gasteiger partial charge in [-0.25, -0.2) is 0 Å². The molecule has 0 unspecified atom stereocenters. The van der Waals surface area contributed by atoms with Gasteiger partial charge in [0.2, 0.25) is 5.89 Å². The van der Waals surface area contributed by atoms with E-state index in [1.807, 2.05) is 30.5 Å². The zero-order chi connectivity index (χ0) is 19.6. The zero-order valence-corrected chi connectivity index (χ0v) is 15.2. The number of rotatable bonds is 6. The largest absolute Gasteiger partial charge is 0.573 e. The van der Waals surface area contributed by atoms with Crippen LogP contribution in [0.15, 0.2) is 64.4 Å². The quantitative estimate of drug-likeness (QED) is 0.439. The van der Waals surface area contributed by atoms with E-state index < -0.39 is 6.36 Å². The molecule has 2 aromatic carbocycles. The van der Waals surface area contributed by atoms with E-state index in [-0.39, 0.29) is 5.75 Å². The average Bonchev–Trinajstić information content (AvgIpc) is 3.28. The van der Waals surface area contributed by atoms with Crippen molar-refractivity contribution in [1.29, 1.82) is 0 Å². The van der Waals surface area contributed by atoms with Gasteiger partial charge in [-0.15, -0.1) is 23.4 Å². The van der Waals surface area contributed by atoms with E-state index >= 15 is 0 Å². The number of thioether (sulfide) groups is 1. The van der Waals surface area contributed by atoms with Crippen molar-refractivity contribution in [3.05, 3.63) is 71.7 Å². The van der Waals surface area contributed by atoms with Crippen molar-refractivity contribution in [2.24, 2.45) is 0 Å². The first-order chi connectivity index (χ1) is 13.5. The fraction of sp³-hybridized carbons (Fsp3) is 0.158. The minimum Gasteiger partial charge on any atom is -0.416 e. The highest BCUT2D eigenvalue weighted by Crippen LogP contribution is 2.27. The summed E-state index contributed by atoms with van der Waals surface area (Å²) in [5.41, 5.74) is 2.93. The van der Waals surface area contributed by atoms with E-state index in [4.69, 9.17) is 4.42 Å². The standard InChI is InChI=1S/C19H14F3N3O2S/c20-19(21,22)27-14-7-5-12(6-8-14)11-28-18-25-24-17(26-18)9-13-10-23-16-4-2-1-3-15(13)16/h1-8,10,23H,9,11H2. The van der Waals surface area contributed by atoms with Crippen molar-refractivity contribution < 1.29 is 22.3 Å². The highest BCUT2D eigenvalue weighted by atomic mass is 32.2. The van der Waals surface area contributed by atoms with Gasteiger partial charge in [-0.05, 0) is 29.3 Å². The molecule has 4 aromatic rings. The molecule has 2 aromatic heterocycles. The maximum atomic E-state index is 12.2. The molecule has 9 heteroatoms. The Balaban J connectivity index is 1.36. The molecule has 0 amide bonds. The smallest absolute Gasteiger partial charge is 0.416 e. The van der Waals surface area contributed by atoms with Gasteiger partial charge in [0.15, 0.2) is 0 Å². The molecule has 5 nitrogen and oxygen atoms in total. The third-order valence-corrected chi connectivity index (χ3v) is 4.87. The van der Waals surface area contributed by atoms with Crippen molar-refractivity contribution in [2.75, 3.05) is 0 Å². The van der Waals surface area contributed by atoms with E-state index in [1.165, 1.54) is 23.9 Å². The van der Waals surface area contributed by atoms with Crippen molar-refractivity contribution in [2.45, 2.75) is 23.8 Å². The third-order valence-electron chi connectivity index (χ3n) is 3.98. The van der Waals surface area contributed by atoms with Gasteiger partial charge in [0.1, 0.15) is 5.75 Å². The molecule has 0 aliphatic heterocycles. The number of nitrogens with zero attached hydrogens (tertiary/aromatic N) is 2. The molecule has 144 valence electrons. The fourth-order valence-electron chi connectivity index (χ4n) is 2.74. The summed E-state index contributed by atoms with van der Waals surface area (Å²) >= 11 is 1.32. The number of nitrogens with one attached hydrogen (secondary N) is 1. The number of fused-ring (bicyclic) bond motifs is 1. The summed E-state index contributed by atoms with van der Waals surface area (Å²) in [5, 5.41) is 9.60. The van der Waals surface area contributed by atoms with Crippen molar-refractivity contribution in [3.63, 3.8) is 0 Å². The number of hydrogen-bond donors (Lipinski definition) is 1. The molecule has 0 radical (unpaired) electrons. The number of halogens is 3. The van der Waals surface area contributed by atoms with E-state index in [2.05, 4.69) is 19.9 Å². The Labute approximate surface area is 161 Å². The van der Waals surface area contributed by atoms with Crippen molar-refractivity contribution >= 4 is 22.7 Å². The van der Waals surface area contributed by atoms with E-state index in [9.17, 15) is 13.2 Å². The van der Waals surface area contributed by atoms with Crippen LogP contribution >= 0.6 is 11.8 Å². The second-order valence-electron chi connectivity index (χ2n) is 5.98. The van der Waals surface area contributed by atoms with Crippen LogP contribution in [0, 0.1) is 0 Å². The van der Waals surface area contributed by atoms with Gasteiger partial charge in [-0.3, -0.25) is 0 Å². The number of ether oxygens (including phenoxy) is 1. The van der Waals surface area contributed by atoms with Crippen LogP contribution in [0.25, 0.3) is 10.9 Å². The average molecular weight is 405 g/mol. The molecule has 0 atom stereocenters. The number of para-hydroxylation sites is 1. The van der Waals surface area contributed by atoms with E-state index in [0.717, 1.165) is 22.0 Å². The Bertz CT molecular complexity index is 1070. The van der Waals surface area contributed by atoms with Gasteiger partial charge in [-0.1, -0.05) is 42.1 Å². The van der Waals surface area contributed by atoms with Gasteiger partial charge in [0.25, 0.3) is 5.22 Å². The molecule has 0 aliphatic rings. The lowest BCUT2D eigenvalue weighted by atomic mass is 10.1. The number of aromatic nitrogens is 3. The molecule has 0 aliphatic carbocycles. The third kappa shape index (κ3) is 4.48. The lowest BCUT2D eigenvalue weighted by molar-refractivity contribution is -0.274. The number of benzene rings is 2. The summed E-state index contributed by atoms with van der Waals surface area (Å²) in [4.78, 5) is 3.20. The lowest BCUT2D eigenvalue weighted by Crippen LogP contribution is -2.16. The van der Waals surface area contributed by atoms with E-state index in [1.54, 1.807) is 12.1 Å². The van der Waals surface area contributed by atoms with Gasteiger partial charge in [0.05, 0.1) is 6.42 Å². The molecule has 28 heavy (non-hydrogen) atoms. The van der Waals surface area contributed by atoms with Crippen LogP contribution < -0.4 is 4.74 Å². The lowest BCUT2D eigenvalue weighted by Gasteiger charge is -2.08.